The van der Waals surface area contributed by atoms with Crippen molar-refractivity contribution in [1.29, 1.82) is 0 Å². The Labute approximate surface area is 121 Å². The van der Waals surface area contributed by atoms with Crippen LogP contribution < -0.4 is 0 Å². The third-order valence-electron chi connectivity index (χ3n) is 2.89. The highest BCUT2D eigenvalue weighted by Gasteiger charge is 2.05. The summed E-state index contributed by atoms with van der Waals surface area (Å²) in [5.41, 5.74) is 2.02. The normalized spacial score (nSPS) is 10.8. The molecule has 1 heterocycles. The van der Waals surface area contributed by atoms with Crippen LogP contribution in [-0.2, 0) is 5.75 Å². The lowest BCUT2D eigenvalue weighted by atomic mass is 10.2. The number of benzene rings is 2. The Balaban J connectivity index is 1.86. The molecule has 0 aliphatic rings. The number of pyridine rings is 1. The van der Waals surface area contributed by atoms with Crippen molar-refractivity contribution in [3.05, 3.63) is 71.4 Å². The quantitative estimate of drug-likeness (QED) is 0.486. The van der Waals surface area contributed by atoms with Gasteiger partial charge in [-0.1, -0.05) is 48.0 Å². The third-order valence-corrected chi connectivity index (χ3v) is 4.28. The molecule has 0 saturated heterocycles. The zero-order valence-electron chi connectivity index (χ0n) is 10.2. The van der Waals surface area contributed by atoms with Gasteiger partial charge in [0.1, 0.15) is 5.15 Å². The Kier molecular flexibility index (Phi) is 3.72. The highest BCUT2D eigenvalue weighted by Crippen LogP contribution is 2.27. The Bertz CT molecular complexity index is 697. The maximum absolute atomic E-state index is 6.25. The monoisotopic (exact) mass is 285 g/mol. The van der Waals surface area contributed by atoms with Crippen LogP contribution in [0.15, 0.2) is 65.6 Å². The number of nitrogens with zero attached hydrogens (tertiary/aromatic N) is 1. The molecule has 0 N–H and O–H groups in total. The van der Waals surface area contributed by atoms with Crippen LogP contribution in [0.3, 0.4) is 0 Å². The molecule has 0 aliphatic carbocycles. The zero-order chi connectivity index (χ0) is 13.1. The van der Waals surface area contributed by atoms with Crippen LogP contribution in [0.25, 0.3) is 10.9 Å². The minimum Gasteiger partial charge on any atom is -0.236 e. The molecular formula is C16H12ClNS. The molecule has 0 spiro atoms. The van der Waals surface area contributed by atoms with Gasteiger partial charge >= 0.3 is 0 Å². The van der Waals surface area contributed by atoms with Crippen molar-refractivity contribution in [2.75, 3.05) is 0 Å². The number of rotatable bonds is 3. The summed E-state index contributed by atoms with van der Waals surface area (Å²) < 4.78 is 0. The molecule has 0 radical (unpaired) electrons. The number of aromatic nitrogens is 1. The minimum atomic E-state index is 0.599. The molecule has 1 nitrogen and oxygen atoms in total. The highest BCUT2D eigenvalue weighted by molar-refractivity contribution is 7.98. The van der Waals surface area contributed by atoms with Gasteiger partial charge in [0.15, 0.2) is 0 Å². The van der Waals surface area contributed by atoms with Crippen molar-refractivity contribution in [3.63, 3.8) is 0 Å². The van der Waals surface area contributed by atoms with E-state index in [1.807, 2.05) is 36.4 Å². The molecular weight excluding hydrogens is 274 g/mol. The number of halogens is 1. The van der Waals surface area contributed by atoms with Gasteiger partial charge in [0.25, 0.3) is 0 Å². The van der Waals surface area contributed by atoms with Gasteiger partial charge in [-0.25, -0.2) is 4.98 Å². The van der Waals surface area contributed by atoms with E-state index in [4.69, 9.17) is 11.6 Å². The van der Waals surface area contributed by atoms with Crippen LogP contribution in [0.4, 0.5) is 0 Å². The number of thioether (sulfide) groups is 1. The molecule has 2 aromatic carbocycles. The molecule has 0 unspecified atom stereocenters. The Morgan fingerprint density at radius 2 is 1.68 bits per heavy atom. The molecule has 3 rings (SSSR count). The molecule has 1 aromatic heterocycles. The summed E-state index contributed by atoms with van der Waals surface area (Å²) >= 11 is 8.02. The summed E-state index contributed by atoms with van der Waals surface area (Å²) in [7, 11) is 0. The van der Waals surface area contributed by atoms with E-state index in [9.17, 15) is 0 Å². The molecule has 0 fully saturated rings. The van der Waals surface area contributed by atoms with Gasteiger partial charge < -0.3 is 0 Å². The lowest BCUT2D eigenvalue weighted by molar-refractivity contribution is 1.30. The summed E-state index contributed by atoms with van der Waals surface area (Å²) in [4.78, 5) is 5.68. The topological polar surface area (TPSA) is 12.9 Å². The number of fused-ring (bicyclic) bond motifs is 1. The van der Waals surface area contributed by atoms with Crippen LogP contribution in [0.5, 0.6) is 0 Å². The first-order valence-corrected chi connectivity index (χ1v) is 7.41. The van der Waals surface area contributed by atoms with Gasteiger partial charge in [-0.2, -0.15) is 0 Å². The largest absolute Gasteiger partial charge is 0.236 e. The first kappa shape index (κ1) is 12.5. The SMILES string of the molecule is Clc1nc2ccccc2cc1CSc1ccccc1. The van der Waals surface area contributed by atoms with Gasteiger partial charge in [-0.3, -0.25) is 0 Å². The van der Waals surface area contributed by atoms with Gasteiger partial charge in [0.2, 0.25) is 0 Å². The molecule has 0 saturated carbocycles. The second kappa shape index (κ2) is 5.64. The molecule has 3 heteroatoms. The standard InChI is InChI=1S/C16H12ClNS/c17-16-13(11-19-14-7-2-1-3-8-14)10-12-6-4-5-9-15(12)18-16/h1-10H,11H2. The summed E-state index contributed by atoms with van der Waals surface area (Å²) in [6.45, 7) is 0. The van der Waals surface area contributed by atoms with Crippen molar-refractivity contribution < 1.29 is 0 Å². The van der Waals surface area contributed by atoms with E-state index in [0.29, 0.717) is 5.15 Å². The minimum absolute atomic E-state index is 0.599. The molecule has 0 bridgehead atoms. The Morgan fingerprint density at radius 3 is 2.53 bits per heavy atom. The number of hydrogen-bond donors (Lipinski definition) is 0. The Hall–Kier alpha value is -1.51. The van der Waals surface area contributed by atoms with E-state index in [1.165, 1.54) is 4.90 Å². The van der Waals surface area contributed by atoms with Gasteiger partial charge in [0.05, 0.1) is 5.52 Å². The lowest BCUT2D eigenvalue weighted by Crippen LogP contribution is -1.88. The van der Waals surface area contributed by atoms with Crippen LogP contribution in [0.2, 0.25) is 5.15 Å². The van der Waals surface area contributed by atoms with Crippen LogP contribution in [0, 0.1) is 0 Å². The molecule has 3 aromatic rings. The van der Waals surface area contributed by atoms with Crippen LogP contribution in [0.1, 0.15) is 5.56 Å². The predicted octanol–water partition coefficient (Wildman–Crippen LogP) is 5.18. The number of para-hydroxylation sites is 1. The highest BCUT2D eigenvalue weighted by atomic mass is 35.5. The van der Waals surface area contributed by atoms with Crippen molar-refractivity contribution in [3.8, 4) is 0 Å². The summed E-state index contributed by atoms with van der Waals surface area (Å²) in [6.07, 6.45) is 0. The van der Waals surface area contributed by atoms with Crippen LogP contribution in [-0.4, -0.2) is 4.98 Å². The zero-order valence-corrected chi connectivity index (χ0v) is 11.8. The predicted molar refractivity (Wildman–Crippen MR) is 82.8 cm³/mol. The number of hydrogen-bond acceptors (Lipinski definition) is 2. The van der Waals surface area contributed by atoms with Crippen molar-refractivity contribution >= 4 is 34.3 Å². The van der Waals surface area contributed by atoms with E-state index in [2.05, 4.69) is 29.2 Å². The lowest BCUT2D eigenvalue weighted by Gasteiger charge is -2.06. The molecule has 94 valence electrons. The van der Waals surface area contributed by atoms with Crippen molar-refractivity contribution in [2.24, 2.45) is 0 Å². The molecule has 0 amide bonds. The van der Waals surface area contributed by atoms with E-state index >= 15 is 0 Å². The smallest absolute Gasteiger partial charge is 0.133 e. The summed E-state index contributed by atoms with van der Waals surface area (Å²) in [5.74, 6) is 0.834. The van der Waals surface area contributed by atoms with E-state index in [-0.39, 0.29) is 0 Å². The third kappa shape index (κ3) is 2.91. The summed E-state index contributed by atoms with van der Waals surface area (Å²) in [6, 6.07) is 20.5. The average Bonchev–Trinajstić information content (AvgIpc) is 2.46. The fourth-order valence-electron chi connectivity index (χ4n) is 1.92. The maximum Gasteiger partial charge on any atom is 0.133 e. The first-order chi connectivity index (χ1) is 9.33. The summed E-state index contributed by atoms with van der Waals surface area (Å²) in [5, 5.41) is 1.73. The van der Waals surface area contributed by atoms with E-state index in [0.717, 1.165) is 22.2 Å². The van der Waals surface area contributed by atoms with Crippen molar-refractivity contribution in [1.82, 2.24) is 4.98 Å². The average molecular weight is 286 g/mol. The first-order valence-electron chi connectivity index (χ1n) is 6.05. The van der Waals surface area contributed by atoms with Crippen molar-refractivity contribution in [2.45, 2.75) is 10.6 Å². The molecule has 0 aliphatic heterocycles. The second-order valence-corrected chi connectivity index (χ2v) is 5.64. The van der Waals surface area contributed by atoms with E-state index < -0.39 is 0 Å². The Morgan fingerprint density at radius 1 is 0.947 bits per heavy atom. The van der Waals surface area contributed by atoms with Gasteiger partial charge in [0, 0.05) is 21.6 Å². The van der Waals surface area contributed by atoms with E-state index in [1.54, 1.807) is 11.8 Å². The molecule has 0 atom stereocenters. The fourth-order valence-corrected chi connectivity index (χ4v) is 3.10. The fraction of sp³-hybridized carbons (Fsp3) is 0.0625. The second-order valence-electron chi connectivity index (χ2n) is 4.23. The van der Waals surface area contributed by atoms with Gasteiger partial charge in [-0.05, 0) is 24.3 Å². The molecule has 19 heavy (non-hydrogen) atoms. The maximum atomic E-state index is 6.25. The van der Waals surface area contributed by atoms with Gasteiger partial charge in [-0.15, -0.1) is 11.8 Å². The van der Waals surface area contributed by atoms with Crippen LogP contribution >= 0.6 is 23.4 Å².